The number of fused-ring (bicyclic) bond motifs is 1. The van der Waals surface area contributed by atoms with E-state index in [-0.39, 0.29) is 0 Å². The molecule has 0 spiro atoms. The van der Waals surface area contributed by atoms with Crippen molar-refractivity contribution >= 4 is 23.5 Å². The molecule has 5 heteroatoms. The average molecular weight is 191 g/mol. The van der Waals surface area contributed by atoms with Crippen LogP contribution in [0.25, 0.3) is 10.9 Å². The zero-order chi connectivity index (χ0) is 10.1. The summed E-state index contributed by atoms with van der Waals surface area (Å²) in [5.74, 6) is 0.735. The van der Waals surface area contributed by atoms with E-state index >= 15 is 0 Å². The Morgan fingerprint density at radius 1 is 1.36 bits per heavy atom. The topological polar surface area (TPSA) is 65.5 Å². The average Bonchev–Trinajstić information content (AvgIpc) is 2.59. The Hall–Kier alpha value is -1.46. The third-order valence-electron chi connectivity index (χ3n) is 2.20. The van der Waals surface area contributed by atoms with Crippen molar-refractivity contribution in [3.8, 4) is 5.75 Å². The molecule has 3 N–H and O–H groups in total. The highest BCUT2D eigenvalue weighted by molar-refractivity contribution is 6.62. The van der Waals surface area contributed by atoms with Crippen LogP contribution >= 0.6 is 0 Å². The van der Waals surface area contributed by atoms with Crippen molar-refractivity contribution in [1.82, 2.24) is 4.98 Å². The van der Waals surface area contributed by atoms with Crippen LogP contribution in [0.4, 0.5) is 0 Å². The van der Waals surface area contributed by atoms with Crippen LogP contribution in [0.3, 0.4) is 0 Å². The molecule has 0 aliphatic carbocycles. The van der Waals surface area contributed by atoms with E-state index in [9.17, 15) is 0 Å². The standard InChI is InChI=1S/C9H10BNO3/c1-14-6-2-3-7-8(10(12)13)5-11-9(7)4-6/h2-5,11-13H,1H3. The Labute approximate surface area is 81.3 Å². The number of ether oxygens (including phenoxy) is 1. The van der Waals surface area contributed by atoms with Crippen LogP contribution in [0.5, 0.6) is 5.75 Å². The zero-order valence-corrected chi connectivity index (χ0v) is 7.69. The first-order chi connectivity index (χ1) is 6.72. The van der Waals surface area contributed by atoms with Gasteiger partial charge in [-0.15, -0.1) is 0 Å². The van der Waals surface area contributed by atoms with Crippen LogP contribution in [-0.2, 0) is 0 Å². The summed E-state index contributed by atoms with van der Waals surface area (Å²) in [5, 5.41) is 18.9. The highest BCUT2D eigenvalue weighted by Gasteiger charge is 2.15. The number of nitrogens with one attached hydrogen (secondary N) is 1. The maximum atomic E-state index is 9.04. The fraction of sp³-hybridized carbons (Fsp3) is 0.111. The van der Waals surface area contributed by atoms with Crippen molar-refractivity contribution in [3.63, 3.8) is 0 Å². The largest absolute Gasteiger partial charge is 0.497 e. The first-order valence-electron chi connectivity index (χ1n) is 4.23. The van der Waals surface area contributed by atoms with Gasteiger partial charge in [0.15, 0.2) is 0 Å². The molecule has 0 atom stereocenters. The second-order valence-electron chi connectivity index (χ2n) is 3.03. The van der Waals surface area contributed by atoms with Crippen molar-refractivity contribution in [3.05, 3.63) is 24.4 Å². The SMILES string of the molecule is COc1ccc2c(B(O)O)c[nH]c2c1. The smallest absolute Gasteiger partial charge is 0.490 e. The van der Waals surface area contributed by atoms with E-state index in [1.807, 2.05) is 0 Å². The van der Waals surface area contributed by atoms with Crippen LogP contribution in [0, 0.1) is 0 Å². The molecule has 0 aliphatic heterocycles. The molecule has 0 amide bonds. The molecule has 0 bridgehead atoms. The second-order valence-corrected chi connectivity index (χ2v) is 3.03. The molecule has 1 aromatic heterocycles. The van der Waals surface area contributed by atoms with Gasteiger partial charge in [0.2, 0.25) is 0 Å². The minimum absolute atomic E-state index is 0.475. The Kier molecular flexibility index (Phi) is 2.19. The highest BCUT2D eigenvalue weighted by Crippen LogP contribution is 2.17. The maximum Gasteiger partial charge on any atom is 0.490 e. The third-order valence-corrected chi connectivity index (χ3v) is 2.20. The fourth-order valence-corrected chi connectivity index (χ4v) is 1.47. The summed E-state index contributed by atoms with van der Waals surface area (Å²) in [6.07, 6.45) is 1.58. The van der Waals surface area contributed by atoms with E-state index in [1.165, 1.54) is 0 Å². The molecule has 0 aliphatic rings. The number of rotatable bonds is 2. The molecular formula is C9H10BNO3. The summed E-state index contributed by atoms with van der Waals surface area (Å²) in [7, 11) is 0.142. The van der Waals surface area contributed by atoms with E-state index in [1.54, 1.807) is 31.5 Å². The van der Waals surface area contributed by atoms with Crippen molar-refractivity contribution in [1.29, 1.82) is 0 Å². The van der Waals surface area contributed by atoms with E-state index in [0.29, 0.717) is 5.46 Å². The number of hydrogen-bond donors (Lipinski definition) is 3. The summed E-state index contributed by atoms with van der Waals surface area (Å²) in [6.45, 7) is 0. The van der Waals surface area contributed by atoms with Gasteiger partial charge in [0.05, 0.1) is 7.11 Å². The van der Waals surface area contributed by atoms with E-state index in [2.05, 4.69) is 4.98 Å². The van der Waals surface area contributed by atoms with Crippen LogP contribution in [-0.4, -0.2) is 29.3 Å². The van der Waals surface area contributed by atoms with Gasteiger partial charge in [-0.1, -0.05) is 0 Å². The van der Waals surface area contributed by atoms with Gasteiger partial charge in [-0.3, -0.25) is 0 Å². The molecule has 1 heterocycles. The summed E-state index contributed by atoms with van der Waals surface area (Å²) in [5.41, 5.74) is 1.30. The van der Waals surface area contributed by atoms with Gasteiger partial charge in [-0.25, -0.2) is 0 Å². The molecule has 1 aromatic carbocycles. The van der Waals surface area contributed by atoms with Crippen molar-refractivity contribution in [2.75, 3.05) is 7.11 Å². The lowest BCUT2D eigenvalue weighted by Crippen LogP contribution is -2.28. The lowest BCUT2D eigenvalue weighted by atomic mass is 9.80. The summed E-state index contributed by atoms with van der Waals surface area (Å²) < 4.78 is 5.05. The van der Waals surface area contributed by atoms with Gasteiger partial charge in [0.1, 0.15) is 5.75 Å². The number of methoxy groups -OCH3 is 1. The van der Waals surface area contributed by atoms with Gasteiger partial charge < -0.3 is 19.8 Å². The maximum absolute atomic E-state index is 9.04. The molecule has 4 nitrogen and oxygen atoms in total. The predicted molar refractivity (Wildman–Crippen MR) is 54.7 cm³/mol. The lowest BCUT2D eigenvalue weighted by molar-refractivity contribution is 0.415. The van der Waals surface area contributed by atoms with E-state index in [0.717, 1.165) is 16.7 Å². The summed E-state index contributed by atoms with van der Waals surface area (Å²) >= 11 is 0. The number of aromatic amines is 1. The van der Waals surface area contributed by atoms with Crippen LogP contribution < -0.4 is 10.2 Å². The molecule has 72 valence electrons. The molecule has 2 rings (SSSR count). The molecule has 0 saturated heterocycles. The second kappa shape index (κ2) is 3.36. The molecule has 14 heavy (non-hydrogen) atoms. The number of aromatic nitrogens is 1. The van der Waals surface area contributed by atoms with Gasteiger partial charge in [-0.05, 0) is 17.5 Å². The van der Waals surface area contributed by atoms with Crippen molar-refractivity contribution in [2.24, 2.45) is 0 Å². The Morgan fingerprint density at radius 3 is 2.79 bits per heavy atom. The minimum atomic E-state index is -1.45. The van der Waals surface area contributed by atoms with Gasteiger partial charge in [0, 0.05) is 23.2 Å². The third kappa shape index (κ3) is 1.36. The number of benzene rings is 1. The highest BCUT2D eigenvalue weighted by atomic mass is 16.5. The predicted octanol–water partition coefficient (Wildman–Crippen LogP) is -0.144. The fourth-order valence-electron chi connectivity index (χ4n) is 1.47. The zero-order valence-electron chi connectivity index (χ0n) is 7.69. The minimum Gasteiger partial charge on any atom is -0.497 e. The molecule has 0 unspecified atom stereocenters. The van der Waals surface area contributed by atoms with Crippen LogP contribution in [0.15, 0.2) is 24.4 Å². The molecule has 0 fully saturated rings. The Bertz CT molecular complexity index is 452. The number of H-pyrrole nitrogens is 1. The Morgan fingerprint density at radius 2 is 2.14 bits per heavy atom. The lowest BCUT2D eigenvalue weighted by Gasteiger charge is -2.00. The molecule has 2 aromatic rings. The monoisotopic (exact) mass is 191 g/mol. The molecular weight excluding hydrogens is 181 g/mol. The quantitative estimate of drug-likeness (QED) is 0.578. The van der Waals surface area contributed by atoms with Gasteiger partial charge in [-0.2, -0.15) is 0 Å². The normalized spacial score (nSPS) is 10.5. The summed E-state index contributed by atoms with van der Waals surface area (Å²) in [4.78, 5) is 2.94. The molecule has 0 saturated carbocycles. The van der Waals surface area contributed by atoms with E-state index < -0.39 is 7.12 Å². The molecule has 0 radical (unpaired) electrons. The Balaban J connectivity index is 2.59. The number of hydrogen-bond acceptors (Lipinski definition) is 3. The van der Waals surface area contributed by atoms with Gasteiger partial charge in [0.25, 0.3) is 0 Å². The summed E-state index contributed by atoms with van der Waals surface area (Å²) in [6, 6.07) is 5.38. The van der Waals surface area contributed by atoms with Gasteiger partial charge >= 0.3 is 7.12 Å². The first-order valence-corrected chi connectivity index (χ1v) is 4.23. The first kappa shape index (κ1) is 9.11. The van der Waals surface area contributed by atoms with Crippen LogP contribution in [0.1, 0.15) is 0 Å². The van der Waals surface area contributed by atoms with Crippen molar-refractivity contribution in [2.45, 2.75) is 0 Å². The van der Waals surface area contributed by atoms with E-state index in [4.69, 9.17) is 14.8 Å². The van der Waals surface area contributed by atoms with Crippen LogP contribution in [0.2, 0.25) is 0 Å². The van der Waals surface area contributed by atoms with Crippen molar-refractivity contribution < 1.29 is 14.8 Å².